The fourth-order valence-electron chi connectivity index (χ4n) is 6.45. The van der Waals surface area contributed by atoms with E-state index >= 15 is 0 Å². The van der Waals surface area contributed by atoms with Gasteiger partial charge in [-0.2, -0.15) is 5.10 Å². The van der Waals surface area contributed by atoms with E-state index < -0.39 is 0 Å². The number of anilines is 3. The van der Waals surface area contributed by atoms with Crippen molar-refractivity contribution in [2.45, 2.75) is 59.5 Å². The van der Waals surface area contributed by atoms with Crippen molar-refractivity contribution in [3.8, 4) is 17.1 Å². The molecule has 1 aliphatic heterocycles. The van der Waals surface area contributed by atoms with Gasteiger partial charge in [0.2, 0.25) is 17.7 Å². The summed E-state index contributed by atoms with van der Waals surface area (Å²) >= 11 is 0. The van der Waals surface area contributed by atoms with Crippen LogP contribution in [0.15, 0.2) is 55.1 Å². The van der Waals surface area contributed by atoms with E-state index in [9.17, 15) is 4.79 Å². The molecule has 0 radical (unpaired) electrons. The van der Waals surface area contributed by atoms with E-state index in [4.69, 9.17) is 9.72 Å². The Balaban J connectivity index is 0.985. The van der Waals surface area contributed by atoms with Gasteiger partial charge in [0.1, 0.15) is 12.4 Å². The average Bonchev–Trinajstić information content (AvgIpc) is 3.77. The van der Waals surface area contributed by atoms with Crippen molar-refractivity contribution in [3.05, 3.63) is 72.1 Å². The molecular formula is C36H42N10O2. The molecule has 1 aromatic carbocycles. The maximum atomic E-state index is 13.2. The molecule has 4 aromatic heterocycles. The summed E-state index contributed by atoms with van der Waals surface area (Å²) in [6.45, 7) is 10.3. The number of hydrogen-bond acceptors (Lipinski definition) is 9. The summed E-state index contributed by atoms with van der Waals surface area (Å²) < 4.78 is 8.06. The van der Waals surface area contributed by atoms with E-state index in [1.54, 1.807) is 17.2 Å². The van der Waals surface area contributed by atoms with Crippen LogP contribution in [0.4, 0.5) is 17.5 Å². The Labute approximate surface area is 280 Å². The van der Waals surface area contributed by atoms with Crippen molar-refractivity contribution in [2.75, 3.05) is 30.3 Å². The molecule has 2 aliphatic rings. The number of rotatable bonds is 9. The van der Waals surface area contributed by atoms with E-state index in [-0.39, 0.29) is 18.6 Å². The van der Waals surface area contributed by atoms with Crippen LogP contribution in [-0.2, 0) is 11.8 Å². The molecule has 12 nitrogen and oxygen atoms in total. The third-order valence-electron chi connectivity index (χ3n) is 9.40. The standard InChI is InChI=1S/C36H42N10O2/c1-22-17-38-35(42-30-15-23(2)45(5)44-30)43-33(22)27-18-37-34-26(27)7-6-8-28(34)41-31(47)20-46-14-11-25(19-46)48-32-16-29(39-21-40-32)24-9-12-36(3,4)13-10-24/h6-9,15-18,21,25,37H,10-14,19-20H2,1-5H3,(H,41,47)(H,38,42,43,44)/t25-/m0/s1. The normalized spacial score (nSPS) is 17.8. The lowest BCUT2D eigenvalue weighted by molar-refractivity contribution is -0.117. The van der Waals surface area contributed by atoms with Gasteiger partial charge in [0.15, 0.2) is 5.82 Å². The summed E-state index contributed by atoms with van der Waals surface area (Å²) in [6.07, 6.45) is 11.6. The summed E-state index contributed by atoms with van der Waals surface area (Å²) in [5.41, 5.74) is 7.80. The third kappa shape index (κ3) is 6.79. The molecule has 1 fully saturated rings. The van der Waals surface area contributed by atoms with Gasteiger partial charge in [-0.3, -0.25) is 14.4 Å². The van der Waals surface area contributed by atoms with Crippen LogP contribution in [-0.4, -0.2) is 71.2 Å². The first-order valence-electron chi connectivity index (χ1n) is 16.5. The number of amides is 1. The second kappa shape index (κ2) is 12.8. The fraction of sp³-hybridized carbons (Fsp3) is 0.389. The molecule has 7 rings (SSSR count). The molecule has 0 spiro atoms. The van der Waals surface area contributed by atoms with Gasteiger partial charge in [0.25, 0.3) is 0 Å². The molecule has 12 heteroatoms. The minimum absolute atomic E-state index is 0.0357. The summed E-state index contributed by atoms with van der Waals surface area (Å²) in [5, 5.41) is 11.7. The number of aromatic amines is 1. The lowest BCUT2D eigenvalue weighted by atomic mass is 9.78. The number of H-pyrrole nitrogens is 1. The molecule has 0 unspecified atom stereocenters. The topological polar surface area (TPSA) is 139 Å². The zero-order valence-electron chi connectivity index (χ0n) is 28.2. The lowest BCUT2D eigenvalue weighted by Crippen LogP contribution is -2.33. The quantitative estimate of drug-likeness (QED) is 0.171. The largest absolute Gasteiger partial charge is 0.473 e. The molecule has 1 aliphatic carbocycles. The van der Waals surface area contributed by atoms with Gasteiger partial charge in [0, 0.05) is 61.3 Å². The zero-order valence-corrected chi connectivity index (χ0v) is 28.2. The highest BCUT2D eigenvalue weighted by atomic mass is 16.5. The van der Waals surface area contributed by atoms with Crippen LogP contribution < -0.4 is 15.4 Å². The van der Waals surface area contributed by atoms with Crippen LogP contribution in [0.3, 0.4) is 0 Å². The van der Waals surface area contributed by atoms with Crippen LogP contribution in [0.2, 0.25) is 0 Å². The molecule has 48 heavy (non-hydrogen) atoms. The van der Waals surface area contributed by atoms with Crippen molar-refractivity contribution >= 4 is 39.8 Å². The van der Waals surface area contributed by atoms with Crippen LogP contribution >= 0.6 is 0 Å². The van der Waals surface area contributed by atoms with E-state index in [2.05, 4.69) is 60.5 Å². The molecule has 248 valence electrons. The maximum Gasteiger partial charge on any atom is 0.238 e. The van der Waals surface area contributed by atoms with Crippen molar-refractivity contribution in [2.24, 2.45) is 12.5 Å². The van der Waals surface area contributed by atoms with Gasteiger partial charge in [-0.05, 0) is 62.1 Å². The number of carbonyl (C=O) groups excluding carboxylic acids is 1. The summed E-state index contributed by atoms with van der Waals surface area (Å²) in [4.78, 5) is 36.9. The smallest absolute Gasteiger partial charge is 0.238 e. The van der Waals surface area contributed by atoms with Gasteiger partial charge in [-0.25, -0.2) is 19.9 Å². The van der Waals surface area contributed by atoms with Crippen molar-refractivity contribution in [3.63, 3.8) is 0 Å². The molecule has 0 bridgehead atoms. The van der Waals surface area contributed by atoms with Gasteiger partial charge in [0.05, 0.1) is 29.1 Å². The molecule has 1 atom stereocenters. The second-order valence-electron chi connectivity index (χ2n) is 13.7. The molecule has 3 N–H and O–H groups in total. The minimum Gasteiger partial charge on any atom is -0.473 e. The molecule has 5 aromatic rings. The lowest BCUT2D eigenvalue weighted by Gasteiger charge is -2.28. The Morgan fingerprint density at radius 1 is 1.17 bits per heavy atom. The third-order valence-corrected chi connectivity index (χ3v) is 9.40. The number of ether oxygens (including phenoxy) is 1. The first kappa shape index (κ1) is 31.5. The van der Waals surface area contributed by atoms with Crippen LogP contribution in [0, 0.1) is 19.3 Å². The van der Waals surface area contributed by atoms with Crippen molar-refractivity contribution < 1.29 is 9.53 Å². The van der Waals surface area contributed by atoms with Crippen LogP contribution in [0.25, 0.3) is 27.7 Å². The monoisotopic (exact) mass is 646 g/mol. The minimum atomic E-state index is -0.0776. The number of allylic oxidation sites excluding steroid dienone is 2. The number of benzene rings is 1. The number of fused-ring (bicyclic) bond motifs is 1. The molecule has 1 amide bonds. The fourth-order valence-corrected chi connectivity index (χ4v) is 6.45. The summed E-state index contributed by atoms with van der Waals surface area (Å²) in [5.74, 6) is 1.66. The van der Waals surface area contributed by atoms with Crippen LogP contribution in [0.1, 0.15) is 56.5 Å². The second-order valence-corrected chi connectivity index (χ2v) is 13.7. The van der Waals surface area contributed by atoms with E-state index in [1.807, 2.05) is 57.4 Å². The predicted octanol–water partition coefficient (Wildman–Crippen LogP) is 6.19. The van der Waals surface area contributed by atoms with E-state index in [0.717, 1.165) is 77.0 Å². The number of nitrogens with zero attached hydrogens (tertiary/aromatic N) is 7. The Morgan fingerprint density at radius 2 is 2.04 bits per heavy atom. The first-order valence-corrected chi connectivity index (χ1v) is 16.5. The highest BCUT2D eigenvalue weighted by Gasteiger charge is 2.27. The Bertz CT molecular complexity index is 1990. The number of hydrogen-bond donors (Lipinski definition) is 3. The Morgan fingerprint density at radius 3 is 2.83 bits per heavy atom. The van der Waals surface area contributed by atoms with Crippen molar-refractivity contribution in [1.82, 2.24) is 39.6 Å². The van der Waals surface area contributed by atoms with Gasteiger partial charge < -0.3 is 20.4 Å². The SMILES string of the molecule is Cc1cnc(Nc2cc(C)n(C)n2)nc1-c1c[nH]c2c(NC(=O)CN3CC[C@H](Oc4cc(C5=CCC(C)(C)CC5)ncn4)C3)cccc12. The summed E-state index contributed by atoms with van der Waals surface area (Å²) in [7, 11) is 1.90. The number of carbonyl (C=O) groups is 1. The molecule has 1 saturated heterocycles. The number of aromatic nitrogens is 7. The number of aryl methyl sites for hydroxylation is 3. The highest BCUT2D eigenvalue weighted by Crippen LogP contribution is 2.38. The number of para-hydroxylation sites is 1. The Kier molecular flexibility index (Phi) is 8.42. The Hall–Kier alpha value is -5.10. The number of nitrogens with one attached hydrogen (secondary N) is 3. The number of likely N-dealkylation sites (tertiary alicyclic amines) is 1. The first-order chi connectivity index (χ1) is 23.1. The van der Waals surface area contributed by atoms with Crippen molar-refractivity contribution in [1.29, 1.82) is 0 Å². The molecule has 0 saturated carbocycles. The summed E-state index contributed by atoms with van der Waals surface area (Å²) in [6, 6.07) is 9.78. The molecular weight excluding hydrogens is 604 g/mol. The van der Waals surface area contributed by atoms with E-state index in [1.165, 1.54) is 5.57 Å². The average molecular weight is 647 g/mol. The molecule has 5 heterocycles. The van der Waals surface area contributed by atoms with Gasteiger partial charge in [-0.15, -0.1) is 0 Å². The van der Waals surface area contributed by atoms with Crippen LogP contribution in [0.5, 0.6) is 5.88 Å². The predicted molar refractivity (Wildman–Crippen MR) is 187 cm³/mol. The van der Waals surface area contributed by atoms with E-state index in [0.29, 0.717) is 29.6 Å². The van der Waals surface area contributed by atoms with Gasteiger partial charge in [-0.1, -0.05) is 32.1 Å². The van der Waals surface area contributed by atoms with Gasteiger partial charge >= 0.3 is 0 Å². The highest BCUT2D eigenvalue weighted by molar-refractivity contribution is 6.06. The zero-order chi connectivity index (χ0) is 33.4. The maximum absolute atomic E-state index is 13.2.